The molecule has 3 heteroatoms. The molecule has 1 amide bonds. The van der Waals surface area contributed by atoms with Crippen LogP contribution in [0.3, 0.4) is 0 Å². The molecule has 0 bridgehead atoms. The summed E-state index contributed by atoms with van der Waals surface area (Å²) in [6, 6.07) is 0.454. The highest BCUT2D eigenvalue weighted by molar-refractivity contribution is 5.76. The van der Waals surface area contributed by atoms with E-state index in [1.54, 1.807) is 0 Å². The van der Waals surface area contributed by atoms with Gasteiger partial charge in [-0.15, -0.1) is 0 Å². The normalized spacial score (nSPS) is 23.9. The molecule has 0 saturated carbocycles. The van der Waals surface area contributed by atoms with Crippen LogP contribution in [0.5, 0.6) is 0 Å². The summed E-state index contributed by atoms with van der Waals surface area (Å²) >= 11 is 0. The second-order valence-electron chi connectivity index (χ2n) is 4.46. The van der Waals surface area contributed by atoms with Crippen molar-refractivity contribution in [2.24, 2.45) is 11.7 Å². The van der Waals surface area contributed by atoms with Gasteiger partial charge in [0.25, 0.3) is 0 Å². The maximum absolute atomic E-state index is 11.8. The summed E-state index contributed by atoms with van der Waals surface area (Å²) < 4.78 is 0. The van der Waals surface area contributed by atoms with Crippen LogP contribution in [0.15, 0.2) is 0 Å². The van der Waals surface area contributed by atoms with Gasteiger partial charge in [-0.1, -0.05) is 6.92 Å². The van der Waals surface area contributed by atoms with Crippen LogP contribution in [0, 0.1) is 5.92 Å². The Kier molecular flexibility index (Phi) is 4.39. The molecule has 0 aromatic rings. The van der Waals surface area contributed by atoms with Crippen molar-refractivity contribution in [1.82, 2.24) is 4.90 Å². The highest BCUT2D eigenvalue weighted by atomic mass is 16.2. The lowest BCUT2D eigenvalue weighted by Crippen LogP contribution is -2.33. The van der Waals surface area contributed by atoms with Gasteiger partial charge in [0.1, 0.15) is 0 Å². The molecule has 2 atom stereocenters. The van der Waals surface area contributed by atoms with Crippen LogP contribution in [0.2, 0.25) is 0 Å². The van der Waals surface area contributed by atoms with E-state index in [1.165, 1.54) is 6.42 Å². The van der Waals surface area contributed by atoms with Crippen molar-refractivity contribution in [2.75, 3.05) is 13.1 Å². The van der Waals surface area contributed by atoms with E-state index in [1.807, 2.05) is 4.90 Å². The average molecular weight is 198 g/mol. The third kappa shape index (κ3) is 2.98. The summed E-state index contributed by atoms with van der Waals surface area (Å²) in [4.78, 5) is 13.8. The minimum Gasteiger partial charge on any atom is -0.340 e. The summed E-state index contributed by atoms with van der Waals surface area (Å²) in [5.41, 5.74) is 5.51. The fraction of sp³-hybridized carbons (Fsp3) is 0.909. The molecule has 0 aliphatic carbocycles. The first kappa shape index (κ1) is 11.5. The van der Waals surface area contributed by atoms with E-state index in [0.717, 1.165) is 19.4 Å². The molecule has 0 spiro atoms. The first-order chi connectivity index (χ1) is 6.65. The number of carbonyl (C=O) groups excluding carboxylic acids is 1. The largest absolute Gasteiger partial charge is 0.340 e. The predicted molar refractivity (Wildman–Crippen MR) is 57.9 cm³/mol. The lowest BCUT2D eigenvalue weighted by atomic mass is 10.1. The third-order valence-corrected chi connectivity index (χ3v) is 3.13. The molecule has 2 unspecified atom stereocenters. The van der Waals surface area contributed by atoms with Gasteiger partial charge in [-0.3, -0.25) is 4.79 Å². The van der Waals surface area contributed by atoms with E-state index in [2.05, 4.69) is 13.8 Å². The number of nitrogens with zero attached hydrogens (tertiary/aromatic N) is 1. The highest BCUT2D eigenvalue weighted by Gasteiger charge is 2.24. The molecule has 1 fully saturated rings. The van der Waals surface area contributed by atoms with Crippen molar-refractivity contribution >= 4 is 5.91 Å². The zero-order valence-corrected chi connectivity index (χ0v) is 9.33. The average Bonchev–Trinajstić information content (AvgIpc) is 2.60. The molecule has 1 aliphatic rings. The van der Waals surface area contributed by atoms with E-state index >= 15 is 0 Å². The molecular formula is C11H22N2O. The van der Waals surface area contributed by atoms with Gasteiger partial charge in [-0.2, -0.15) is 0 Å². The number of nitrogens with two attached hydrogens (primary N) is 1. The van der Waals surface area contributed by atoms with Gasteiger partial charge in [-0.05, 0) is 38.6 Å². The lowest BCUT2D eigenvalue weighted by Gasteiger charge is -2.22. The van der Waals surface area contributed by atoms with E-state index in [-0.39, 0.29) is 0 Å². The molecule has 1 rings (SSSR count). The van der Waals surface area contributed by atoms with Crippen LogP contribution in [-0.4, -0.2) is 29.9 Å². The van der Waals surface area contributed by atoms with Crippen LogP contribution in [0.1, 0.15) is 39.5 Å². The molecule has 3 nitrogen and oxygen atoms in total. The molecule has 1 aliphatic heterocycles. The van der Waals surface area contributed by atoms with E-state index in [0.29, 0.717) is 30.8 Å². The van der Waals surface area contributed by atoms with Crippen molar-refractivity contribution in [2.45, 2.75) is 45.6 Å². The molecule has 1 heterocycles. The second-order valence-corrected chi connectivity index (χ2v) is 4.46. The zero-order valence-electron chi connectivity index (χ0n) is 9.33. The smallest absolute Gasteiger partial charge is 0.222 e. The van der Waals surface area contributed by atoms with Gasteiger partial charge in [0.15, 0.2) is 0 Å². The van der Waals surface area contributed by atoms with Crippen LogP contribution < -0.4 is 5.73 Å². The van der Waals surface area contributed by atoms with Crippen molar-refractivity contribution < 1.29 is 4.79 Å². The minimum atomic E-state index is 0.315. The number of hydrogen-bond donors (Lipinski definition) is 1. The van der Waals surface area contributed by atoms with Gasteiger partial charge in [0.2, 0.25) is 5.91 Å². The van der Waals surface area contributed by atoms with Gasteiger partial charge in [0, 0.05) is 19.0 Å². The molecule has 1 saturated heterocycles. The standard InChI is InChI=1S/C11H22N2O/c1-9(8-12)5-6-11(14)13-7-3-4-10(13)2/h9-10H,3-8,12H2,1-2H3. The SMILES string of the molecule is CC(CN)CCC(=O)N1CCCC1C. The quantitative estimate of drug-likeness (QED) is 0.741. The summed E-state index contributed by atoms with van der Waals surface area (Å²) in [6.07, 6.45) is 3.93. The molecule has 0 radical (unpaired) electrons. The van der Waals surface area contributed by atoms with Crippen molar-refractivity contribution in [3.63, 3.8) is 0 Å². The number of rotatable bonds is 4. The monoisotopic (exact) mass is 198 g/mol. The Morgan fingerprint density at radius 1 is 1.64 bits per heavy atom. The summed E-state index contributed by atoms with van der Waals surface area (Å²) in [5.74, 6) is 0.784. The number of amides is 1. The Morgan fingerprint density at radius 3 is 2.86 bits per heavy atom. The topological polar surface area (TPSA) is 46.3 Å². The van der Waals surface area contributed by atoms with Crippen LogP contribution in [0.4, 0.5) is 0 Å². The predicted octanol–water partition coefficient (Wildman–Crippen LogP) is 1.37. The molecule has 0 aromatic carbocycles. The summed E-state index contributed by atoms with van der Waals surface area (Å²) in [5, 5.41) is 0. The lowest BCUT2D eigenvalue weighted by molar-refractivity contribution is -0.132. The fourth-order valence-corrected chi connectivity index (χ4v) is 1.94. The molecule has 0 aromatic heterocycles. The van der Waals surface area contributed by atoms with Gasteiger partial charge in [0.05, 0.1) is 0 Å². The third-order valence-electron chi connectivity index (χ3n) is 3.13. The van der Waals surface area contributed by atoms with Crippen LogP contribution in [0.25, 0.3) is 0 Å². The number of carbonyl (C=O) groups is 1. The second kappa shape index (κ2) is 5.35. The molecule has 2 N–H and O–H groups in total. The first-order valence-corrected chi connectivity index (χ1v) is 5.64. The van der Waals surface area contributed by atoms with E-state index in [9.17, 15) is 4.79 Å². The van der Waals surface area contributed by atoms with Gasteiger partial charge >= 0.3 is 0 Å². The Labute approximate surface area is 86.6 Å². The Balaban J connectivity index is 2.27. The molecule has 14 heavy (non-hydrogen) atoms. The minimum absolute atomic E-state index is 0.315. The van der Waals surface area contributed by atoms with Crippen LogP contribution >= 0.6 is 0 Å². The van der Waals surface area contributed by atoms with Crippen molar-refractivity contribution in [3.05, 3.63) is 0 Å². The fourth-order valence-electron chi connectivity index (χ4n) is 1.94. The van der Waals surface area contributed by atoms with Crippen molar-refractivity contribution in [3.8, 4) is 0 Å². The highest BCUT2D eigenvalue weighted by Crippen LogP contribution is 2.18. The maximum Gasteiger partial charge on any atom is 0.222 e. The van der Waals surface area contributed by atoms with E-state index in [4.69, 9.17) is 5.73 Å². The van der Waals surface area contributed by atoms with Gasteiger partial charge < -0.3 is 10.6 Å². The summed E-state index contributed by atoms with van der Waals surface area (Å²) in [7, 11) is 0. The maximum atomic E-state index is 11.8. The molecule has 82 valence electrons. The Hall–Kier alpha value is -0.570. The van der Waals surface area contributed by atoms with E-state index < -0.39 is 0 Å². The number of hydrogen-bond acceptors (Lipinski definition) is 2. The zero-order chi connectivity index (χ0) is 10.6. The summed E-state index contributed by atoms with van der Waals surface area (Å²) in [6.45, 7) is 5.87. The first-order valence-electron chi connectivity index (χ1n) is 5.64. The Morgan fingerprint density at radius 2 is 2.36 bits per heavy atom. The van der Waals surface area contributed by atoms with Gasteiger partial charge in [-0.25, -0.2) is 0 Å². The Bertz CT molecular complexity index is 194. The van der Waals surface area contributed by atoms with Crippen molar-refractivity contribution in [1.29, 1.82) is 0 Å². The molecular weight excluding hydrogens is 176 g/mol. The number of likely N-dealkylation sites (tertiary alicyclic amines) is 1. The van der Waals surface area contributed by atoms with Crippen LogP contribution in [-0.2, 0) is 4.79 Å².